The number of hydrogen-bond donors (Lipinski definition) is 2. The monoisotopic (exact) mass is 345 g/mol. The van der Waals surface area contributed by atoms with Gasteiger partial charge in [0.25, 0.3) is 0 Å². The Morgan fingerprint density at radius 3 is 1.92 bits per heavy atom. The summed E-state index contributed by atoms with van der Waals surface area (Å²) in [5, 5.41) is 20.7. The van der Waals surface area contributed by atoms with Crippen molar-refractivity contribution in [2.45, 2.75) is 0 Å². The smallest absolute Gasteiger partial charge is 0.222 e. The molecule has 3 aromatic carbocycles. The second kappa shape index (κ2) is 6.64. The van der Waals surface area contributed by atoms with Crippen molar-refractivity contribution in [3.8, 4) is 34.8 Å². The molecule has 0 aliphatic carbocycles. The van der Waals surface area contributed by atoms with Gasteiger partial charge in [0.05, 0.1) is 0 Å². The summed E-state index contributed by atoms with van der Waals surface area (Å²) in [6.45, 7) is 0. The zero-order valence-corrected chi connectivity index (χ0v) is 13.7. The Balaban J connectivity index is 1.55. The first-order chi connectivity index (χ1) is 12.7. The Hall–Kier alpha value is -3.73. The Kier molecular flexibility index (Phi) is 4.03. The van der Waals surface area contributed by atoms with Crippen LogP contribution in [-0.4, -0.2) is 15.2 Å². The number of fused-ring (bicyclic) bond motifs is 1. The third kappa shape index (κ3) is 3.52. The molecule has 5 heteroatoms. The van der Waals surface area contributed by atoms with Crippen molar-refractivity contribution < 1.29 is 19.7 Å². The van der Waals surface area contributed by atoms with Crippen molar-refractivity contribution in [3.05, 3.63) is 78.9 Å². The second-order valence-electron chi connectivity index (χ2n) is 5.71. The van der Waals surface area contributed by atoms with E-state index in [-0.39, 0.29) is 11.5 Å². The summed E-state index contributed by atoms with van der Waals surface area (Å²) in [6, 6.07) is 22.4. The quantitative estimate of drug-likeness (QED) is 0.530. The number of aromatic nitrogens is 1. The number of hydrogen-bond acceptors (Lipinski definition) is 5. The van der Waals surface area contributed by atoms with Crippen molar-refractivity contribution >= 4 is 10.8 Å². The molecule has 0 fully saturated rings. The van der Waals surface area contributed by atoms with E-state index in [9.17, 15) is 10.2 Å². The average Bonchev–Trinajstić information content (AvgIpc) is 2.64. The van der Waals surface area contributed by atoms with E-state index in [1.54, 1.807) is 54.6 Å². The first-order valence-electron chi connectivity index (χ1n) is 8.00. The Labute approximate surface area is 149 Å². The van der Waals surface area contributed by atoms with Crippen LogP contribution in [0.2, 0.25) is 0 Å². The lowest BCUT2D eigenvalue weighted by Crippen LogP contribution is -1.91. The summed E-state index contributed by atoms with van der Waals surface area (Å²) >= 11 is 0. The molecular formula is C21H15NO4. The van der Waals surface area contributed by atoms with Crippen LogP contribution in [-0.2, 0) is 0 Å². The fourth-order valence-corrected chi connectivity index (χ4v) is 2.54. The van der Waals surface area contributed by atoms with Gasteiger partial charge >= 0.3 is 0 Å². The van der Waals surface area contributed by atoms with Crippen LogP contribution < -0.4 is 9.47 Å². The fourth-order valence-electron chi connectivity index (χ4n) is 2.54. The largest absolute Gasteiger partial charge is 0.508 e. The highest BCUT2D eigenvalue weighted by atomic mass is 16.5. The minimum Gasteiger partial charge on any atom is -0.508 e. The van der Waals surface area contributed by atoms with Gasteiger partial charge in [-0.25, -0.2) is 0 Å². The maximum absolute atomic E-state index is 9.53. The van der Waals surface area contributed by atoms with E-state index < -0.39 is 0 Å². The molecular weight excluding hydrogens is 330 g/mol. The zero-order valence-electron chi connectivity index (χ0n) is 13.7. The minimum absolute atomic E-state index is 0.173. The lowest BCUT2D eigenvalue weighted by Gasteiger charge is -2.09. The molecule has 4 rings (SSSR count). The van der Waals surface area contributed by atoms with Gasteiger partial charge in [-0.05, 0) is 59.3 Å². The molecule has 1 heterocycles. The third-order valence-electron chi connectivity index (χ3n) is 3.77. The van der Waals surface area contributed by atoms with Gasteiger partial charge in [-0.2, -0.15) is 4.98 Å². The molecule has 0 unspecified atom stereocenters. The number of nitrogens with zero attached hydrogens (tertiary/aromatic N) is 1. The highest BCUT2D eigenvalue weighted by Crippen LogP contribution is 2.28. The fraction of sp³-hybridized carbons (Fsp3) is 0. The summed E-state index contributed by atoms with van der Waals surface area (Å²) in [5.41, 5.74) is 0. The predicted octanol–water partition coefficient (Wildman–Crippen LogP) is 5.23. The third-order valence-corrected chi connectivity index (χ3v) is 3.77. The second-order valence-corrected chi connectivity index (χ2v) is 5.71. The van der Waals surface area contributed by atoms with Crippen molar-refractivity contribution in [3.63, 3.8) is 0 Å². The molecule has 4 aromatic rings. The number of aromatic hydroxyl groups is 2. The molecule has 0 radical (unpaired) electrons. The van der Waals surface area contributed by atoms with Crippen LogP contribution in [0.1, 0.15) is 0 Å². The maximum Gasteiger partial charge on any atom is 0.222 e. The number of phenols is 2. The summed E-state index contributed by atoms with van der Waals surface area (Å²) < 4.78 is 11.5. The molecule has 128 valence electrons. The van der Waals surface area contributed by atoms with Gasteiger partial charge in [0.15, 0.2) is 0 Å². The maximum atomic E-state index is 9.53. The Morgan fingerprint density at radius 1 is 0.577 bits per heavy atom. The summed E-state index contributed by atoms with van der Waals surface area (Å²) in [7, 11) is 0. The Bertz CT molecular complexity index is 1060. The highest BCUT2D eigenvalue weighted by Gasteiger charge is 2.05. The molecule has 5 nitrogen and oxygen atoms in total. The first-order valence-corrected chi connectivity index (χ1v) is 8.00. The lowest BCUT2D eigenvalue weighted by molar-refractivity contribution is 0.425. The average molecular weight is 345 g/mol. The number of rotatable bonds is 4. The van der Waals surface area contributed by atoms with Gasteiger partial charge in [-0.15, -0.1) is 0 Å². The van der Waals surface area contributed by atoms with E-state index in [4.69, 9.17) is 9.47 Å². The molecule has 0 aliphatic heterocycles. The van der Waals surface area contributed by atoms with E-state index >= 15 is 0 Å². The molecule has 0 saturated heterocycles. The molecule has 0 aliphatic rings. The van der Waals surface area contributed by atoms with E-state index in [1.165, 1.54) is 0 Å². The van der Waals surface area contributed by atoms with Crippen molar-refractivity contribution in [2.75, 3.05) is 0 Å². The van der Waals surface area contributed by atoms with Gasteiger partial charge in [0, 0.05) is 12.1 Å². The van der Waals surface area contributed by atoms with Crippen LogP contribution in [0.5, 0.6) is 34.8 Å². The van der Waals surface area contributed by atoms with E-state index in [1.807, 2.05) is 24.3 Å². The van der Waals surface area contributed by atoms with Gasteiger partial charge < -0.3 is 19.7 Å². The molecule has 0 bridgehead atoms. The molecule has 26 heavy (non-hydrogen) atoms. The summed E-state index contributed by atoms with van der Waals surface area (Å²) in [4.78, 5) is 4.33. The zero-order chi connectivity index (χ0) is 17.9. The number of benzene rings is 3. The molecule has 0 amide bonds. The van der Waals surface area contributed by atoms with Crippen molar-refractivity contribution in [2.24, 2.45) is 0 Å². The lowest BCUT2D eigenvalue weighted by atomic mass is 10.1. The number of phenolic OH excluding ortho intramolecular Hbond substituents is 2. The number of ether oxygens (including phenoxy) is 2. The molecule has 2 N–H and O–H groups in total. The number of pyridine rings is 1. The van der Waals surface area contributed by atoms with Crippen LogP contribution >= 0.6 is 0 Å². The topological polar surface area (TPSA) is 71.8 Å². The van der Waals surface area contributed by atoms with Crippen LogP contribution in [0.3, 0.4) is 0 Å². The summed E-state index contributed by atoms with van der Waals surface area (Å²) in [6.07, 6.45) is 0. The predicted molar refractivity (Wildman–Crippen MR) is 98.1 cm³/mol. The minimum atomic E-state index is 0.173. The van der Waals surface area contributed by atoms with E-state index in [2.05, 4.69) is 4.98 Å². The van der Waals surface area contributed by atoms with Gasteiger partial charge in [0.2, 0.25) is 11.8 Å². The highest BCUT2D eigenvalue weighted by molar-refractivity contribution is 5.85. The van der Waals surface area contributed by atoms with E-state index in [0.717, 1.165) is 10.8 Å². The van der Waals surface area contributed by atoms with Gasteiger partial charge in [-0.1, -0.05) is 18.2 Å². The Morgan fingerprint density at radius 2 is 1.15 bits per heavy atom. The van der Waals surface area contributed by atoms with Crippen molar-refractivity contribution in [1.29, 1.82) is 0 Å². The molecule has 0 saturated carbocycles. The van der Waals surface area contributed by atoms with Crippen LogP contribution in [0, 0.1) is 0 Å². The normalized spacial score (nSPS) is 10.6. The SMILES string of the molecule is Oc1ccc(Oc2cccc(Oc3ccc4cc(O)ccc4c3)n2)cc1. The first kappa shape index (κ1) is 15.8. The van der Waals surface area contributed by atoms with Crippen LogP contribution in [0.25, 0.3) is 10.8 Å². The van der Waals surface area contributed by atoms with Crippen molar-refractivity contribution in [1.82, 2.24) is 4.98 Å². The molecule has 0 spiro atoms. The van der Waals surface area contributed by atoms with Crippen LogP contribution in [0.4, 0.5) is 0 Å². The summed E-state index contributed by atoms with van der Waals surface area (Å²) in [5.74, 6) is 2.40. The van der Waals surface area contributed by atoms with E-state index in [0.29, 0.717) is 23.3 Å². The van der Waals surface area contributed by atoms with Gasteiger partial charge in [0.1, 0.15) is 23.0 Å². The van der Waals surface area contributed by atoms with Crippen LogP contribution in [0.15, 0.2) is 78.9 Å². The standard InChI is InChI=1S/C21H15NO4/c23-16-7-10-18(11-8-16)25-20-2-1-3-21(22-20)26-19-9-5-14-12-17(24)6-4-15(14)13-19/h1-13,23-24H. The van der Waals surface area contributed by atoms with Gasteiger partial charge in [-0.3, -0.25) is 0 Å². The molecule has 1 aromatic heterocycles. The molecule has 0 atom stereocenters.